The minimum atomic E-state index is -0.717. The summed E-state index contributed by atoms with van der Waals surface area (Å²) in [6.45, 7) is 7.49. The molecule has 0 spiro atoms. The van der Waals surface area contributed by atoms with E-state index in [1.807, 2.05) is 19.1 Å². The number of nitrogens with zero attached hydrogens (tertiary/aromatic N) is 1. The molecule has 3 rings (SSSR count). The van der Waals surface area contributed by atoms with Gasteiger partial charge in [-0.1, -0.05) is 0 Å². The monoisotopic (exact) mass is 374 g/mol. The zero-order chi connectivity index (χ0) is 18.9. The van der Waals surface area contributed by atoms with Crippen LogP contribution in [-0.4, -0.2) is 28.1 Å². The van der Waals surface area contributed by atoms with E-state index in [1.54, 1.807) is 43.7 Å². The Hall–Kier alpha value is -2.38. The Morgan fingerprint density at radius 3 is 2.81 bits per heavy atom. The molecular formula is C19H22N2O4S. The quantitative estimate of drug-likeness (QED) is 0.689. The minimum absolute atomic E-state index is 0.157. The van der Waals surface area contributed by atoms with Gasteiger partial charge in [0.15, 0.2) is 0 Å². The second kappa shape index (κ2) is 7.09. The van der Waals surface area contributed by atoms with Crippen molar-refractivity contribution < 1.29 is 19.1 Å². The first kappa shape index (κ1) is 18.4. The fourth-order valence-corrected chi connectivity index (χ4v) is 3.28. The number of aromatic nitrogens is 1. The summed E-state index contributed by atoms with van der Waals surface area (Å²) in [6, 6.07) is 5.43. The molecule has 2 N–H and O–H groups in total. The third-order valence-corrected chi connectivity index (χ3v) is 5.03. The highest BCUT2D eigenvalue weighted by molar-refractivity contribution is 7.09. The number of carbonyl (C=O) groups is 1. The summed E-state index contributed by atoms with van der Waals surface area (Å²) in [5.74, 6) is 0.902. The molecule has 1 amide bonds. The average Bonchev–Trinajstić information content (AvgIpc) is 3.14. The van der Waals surface area contributed by atoms with Gasteiger partial charge in [0.05, 0.1) is 33.8 Å². The molecule has 3 aromatic rings. The van der Waals surface area contributed by atoms with Gasteiger partial charge in [-0.05, 0) is 45.9 Å². The highest BCUT2D eigenvalue weighted by atomic mass is 32.1. The van der Waals surface area contributed by atoms with Crippen LogP contribution in [0.25, 0.3) is 11.0 Å². The van der Waals surface area contributed by atoms with Crippen LogP contribution in [0.4, 0.5) is 0 Å². The molecule has 0 saturated heterocycles. The smallest absolute Gasteiger partial charge is 0.255 e. The van der Waals surface area contributed by atoms with Gasteiger partial charge in [-0.25, -0.2) is 4.98 Å². The van der Waals surface area contributed by atoms with Gasteiger partial charge in [0, 0.05) is 5.39 Å². The van der Waals surface area contributed by atoms with Crippen molar-refractivity contribution in [1.82, 2.24) is 10.3 Å². The van der Waals surface area contributed by atoms with E-state index in [2.05, 4.69) is 10.3 Å². The summed E-state index contributed by atoms with van der Waals surface area (Å²) in [7, 11) is 0. The zero-order valence-corrected chi connectivity index (χ0v) is 16.1. The van der Waals surface area contributed by atoms with Gasteiger partial charge in [-0.15, -0.1) is 11.3 Å². The summed E-state index contributed by atoms with van der Waals surface area (Å²) in [6.07, 6.45) is 0. The lowest BCUT2D eigenvalue weighted by molar-refractivity contribution is 0.0869. The molecule has 0 saturated carbocycles. The molecule has 0 fully saturated rings. The molecule has 0 unspecified atom stereocenters. The number of ether oxygens (including phenoxy) is 1. The summed E-state index contributed by atoms with van der Waals surface area (Å²) in [5, 5.41) is 12.9. The maximum atomic E-state index is 12.7. The lowest BCUT2D eigenvalue weighted by Crippen LogP contribution is -2.46. The minimum Gasteiger partial charge on any atom is -0.488 e. The molecule has 2 heterocycles. The molecule has 7 heteroatoms. The van der Waals surface area contributed by atoms with Crippen molar-refractivity contribution in [1.29, 1.82) is 0 Å². The second-order valence-corrected chi connectivity index (χ2v) is 7.78. The first-order valence-electron chi connectivity index (χ1n) is 8.29. The van der Waals surface area contributed by atoms with E-state index in [9.17, 15) is 9.90 Å². The van der Waals surface area contributed by atoms with Gasteiger partial charge in [0.1, 0.15) is 23.7 Å². The number of aliphatic hydroxyl groups excluding tert-OH is 1. The van der Waals surface area contributed by atoms with Crippen LogP contribution in [-0.2, 0) is 6.61 Å². The Labute approximate surface area is 155 Å². The summed E-state index contributed by atoms with van der Waals surface area (Å²) in [4.78, 5) is 18.0. The third kappa shape index (κ3) is 3.73. The van der Waals surface area contributed by atoms with Crippen LogP contribution < -0.4 is 10.1 Å². The van der Waals surface area contributed by atoms with Crippen LogP contribution in [0.2, 0.25) is 0 Å². The molecule has 26 heavy (non-hydrogen) atoms. The number of aliphatic hydroxyl groups is 1. The molecule has 0 aliphatic carbocycles. The Morgan fingerprint density at radius 2 is 2.15 bits per heavy atom. The van der Waals surface area contributed by atoms with Crippen molar-refractivity contribution in [2.75, 3.05) is 6.61 Å². The normalized spacial score (nSPS) is 11.7. The van der Waals surface area contributed by atoms with Gasteiger partial charge in [0.25, 0.3) is 5.91 Å². The SMILES string of the molecule is Cc1ncsc1COc1ccc2oc(C)c(C(=O)NC(C)(C)CO)c2c1. The van der Waals surface area contributed by atoms with Crippen molar-refractivity contribution in [2.45, 2.75) is 39.8 Å². The van der Waals surface area contributed by atoms with Gasteiger partial charge in [-0.2, -0.15) is 0 Å². The number of rotatable bonds is 6. The van der Waals surface area contributed by atoms with E-state index in [1.165, 1.54) is 0 Å². The van der Waals surface area contributed by atoms with Crippen molar-refractivity contribution >= 4 is 28.2 Å². The molecule has 0 aliphatic heterocycles. The maximum Gasteiger partial charge on any atom is 0.255 e. The number of hydrogen-bond acceptors (Lipinski definition) is 6. The van der Waals surface area contributed by atoms with Gasteiger partial charge in [0.2, 0.25) is 0 Å². The van der Waals surface area contributed by atoms with E-state index in [0.29, 0.717) is 34.6 Å². The molecule has 0 atom stereocenters. The van der Waals surface area contributed by atoms with Crippen molar-refractivity contribution in [3.05, 3.63) is 45.6 Å². The summed E-state index contributed by atoms with van der Waals surface area (Å²) < 4.78 is 11.6. The molecule has 2 aromatic heterocycles. The predicted molar refractivity (Wildman–Crippen MR) is 101 cm³/mol. The molecule has 0 aliphatic rings. The number of furan rings is 1. The number of benzene rings is 1. The summed E-state index contributed by atoms with van der Waals surface area (Å²) in [5.41, 5.74) is 3.12. The molecule has 6 nitrogen and oxygen atoms in total. The van der Waals surface area contributed by atoms with Crippen LogP contribution in [0.5, 0.6) is 5.75 Å². The van der Waals surface area contributed by atoms with Crippen LogP contribution in [0.1, 0.15) is 40.5 Å². The number of fused-ring (bicyclic) bond motifs is 1. The van der Waals surface area contributed by atoms with Gasteiger partial charge < -0.3 is 19.6 Å². The standard InChI is InChI=1S/C19H22N2O4S/c1-11-16(26-10-20-11)8-24-13-5-6-15-14(7-13)17(12(2)25-15)18(23)21-19(3,4)9-22/h5-7,10,22H,8-9H2,1-4H3,(H,21,23). The second-order valence-electron chi connectivity index (χ2n) is 6.84. The lowest BCUT2D eigenvalue weighted by Gasteiger charge is -2.23. The first-order valence-corrected chi connectivity index (χ1v) is 9.17. The predicted octanol–water partition coefficient (Wildman–Crippen LogP) is 3.59. The number of carbonyl (C=O) groups excluding carboxylic acids is 1. The zero-order valence-electron chi connectivity index (χ0n) is 15.3. The largest absolute Gasteiger partial charge is 0.488 e. The van der Waals surface area contributed by atoms with Crippen molar-refractivity contribution in [3.63, 3.8) is 0 Å². The van der Waals surface area contributed by atoms with E-state index in [0.717, 1.165) is 10.6 Å². The third-order valence-electron chi connectivity index (χ3n) is 4.12. The van der Waals surface area contributed by atoms with Crippen LogP contribution in [0.3, 0.4) is 0 Å². The van der Waals surface area contributed by atoms with Crippen LogP contribution in [0, 0.1) is 13.8 Å². The highest BCUT2D eigenvalue weighted by Gasteiger charge is 2.25. The molecule has 138 valence electrons. The number of nitrogens with one attached hydrogen (secondary N) is 1. The van der Waals surface area contributed by atoms with Crippen LogP contribution in [0.15, 0.2) is 28.1 Å². The number of aryl methyl sites for hydroxylation is 2. The Kier molecular flexibility index (Phi) is 5.02. The number of thiazole rings is 1. The topological polar surface area (TPSA) is 84.6 Å². The Balaban J connectivity index is 1.88. The van der Waals surface area contributed by atoms with Gasteiger partial charge >= 0.3 is 0 Å². The van der Waals surface area contributed by atoms with E-state index >= 15 is 0 Å². The van der Waals surface area contributed by atoms with Crippen LogP contribution >= 0.6 is 11.3 Å². The van der Waals surface area contributed by atoms with E-state index in [-0.39, 0.29) is 12.5 Å². The molecular weight excluding hydrogens is 352 g/mol. The first-order chi connectivity index (χ1) is 12.3. The molecule has 0 radical (unpaired) electrons. The number of amides is 1. The lowest BCUT2D eigenvalue weighted by atomic mass is 10.0. The van der Waals surface area contributed by atoms with E-state index < -0.39 is 5.54 Å². The fourth-order valence-electron chi connectivity index (χ4n) is 2.59. The maximum absolute atomic E-state index is 12.7. The number of hydrogen-bond donors (Lipinski definition) is 2. The Morgan fingerprint density at radius 1 is 1.38 bits per heavy atom. The fraction of sp³-hybridized carbons (Fsp3) is 0.368. The van der Waals surface area contributed by atoms with Gasteiger partial charge in [-0.3, -0.25) is 4.79 Å². The van der Waals surface area contributed by atoms with Crippen molar-refractivity contribution in [3.8, 4) is 5.75 Å². The Bertz CT molecular complexity index is 942. The van der Waals surface area contributed by atoms with E-state index in [4.69, 9.17) is 9.15 Å². The highest BCUT2D eigenvalue weighted by Crippen LogP contribution is 2.30. The molecule has 0 bridgehead atoms. The molecule has 1 aromatic carbocycles. The average molecular weight is 374 g/mol. The van der Waals surface area contributed by atoms with Crippen molar-refractivity contribution in [2.24, 2.45) is 0 Å². The summed E-state index contributed by atoms with van der Waals surface area (Å²) >= 11 is 1.55.